The number of aromatic nitrogens is 2. The monoisotopic (exact) mass is 396 g/mol. The molecule has 28 heavy (non-hydrogen) atoms. The second-order valence-electron chi connectivity index (χ2n) is 6.59. The van der Waals surface area contributed by atoms with Gasteiger partial charge in [0.2, 0.25) is 0 Å². The predicted octanol–water partition coefficient (Wildman–Crippen LogP) is 3.85. The molecule has 1 aliphatic rings. The van der Waals surface area contributed by atoms with Crippen LogP contribution in [-0.4, -0.2) is 28.4 Å². The van der Waals surface area contributed by atoms with Gasteiger partial charge in [-0.3, -0.25) is 4.98 Å². The number of hydrogen-bond donors (Lipinski definition) is 1. The van der Waals surface area contributed by atoms with Gasteiger partial charge < -0.3 is 19.5 Å². The Kier molecular flexibility index (Phi) is 5.36. The first kappa shape index (κ1) is 18.6. The number of nitrogens with one attached hydrogen (secondary N) is 1. The van der Waals surface area contributed by atoms with E-state index in [1.807, 2.05) is 35.4 Å². The van der Waals surface area contributed by atoms with E-state index in [4.69, 9.17) is 17.0 Å². The molecular formula is C21H21FN4OS. The molecule has 1 N–H and O–H groups in total. The van der Waals surface area contributed by atoms with Gasteiger partial charge in [-0.25, -0.2) is 4.39 Å². The second kappa shape index (κ2) is 8.08. The summed E-state index contributed by atoms with van der Waals surface area (Å²) in [4.78, 5) is 6.58. The van der Waals surface area contributed by atoms with E-state index in [0.717, 1.165) is 23.6 Å². The van der Waals surface area contributed by atoms with Gasteiger partial charge in [-0.2, -0.15) is 0 Å². The summed E-state index contributed by atoms with van der Waals surface area (Å²) >= 11 is 5.67. The van der Waals surface area contributed by atoms with Gasteiger partial charge in [0.05, 0.1) is 18.3 Å². The molecule has 0 saturated carbocycles. The van der Waals surface area contributed by atoms with Crippen LogP contribution in [0.15, 0.2) is 67.0 Å². The quantitative estimate of drug-likeness (QED) is 0.641. The molecular weight excluding hydrogens is 375 g/mol. The molecule has 2 atom stereocenters. The van der Waals surface area contributed by atoms with Crippen LogP contribution in [-0.2, 0) is 11.3 Å². The fraction of sp³-hybridized carbons (Fsp3) is 0.238. The summed E-state index contributed by atoms with van der Waals surface area (Å²) in [7, 11) is 1.69. The standard InChI is InChI=1S/C21H21FN4OS/c1-27-14-13-25-12-4-6-18(25)20-19(17-5-2-3-11-23-17)24-21(28)26(20)16-9-7-15(22)8-10-16/h2-12,19-20H,13-14H2,1H3,(H,24,28). The normalized spacial score (nSPS) is 19.1. The average molecular weight is 396 g/mol. The van der Waals surface area contributed by atoms with E-state index >= 15 is 0 Å². The average Bonchev–Trinajstić information content (AvgIpc) is 3.31. The van der Waals surface area contributed by atoms with Gasteiger partial charge in [-0.1, -0.05) is 6.07 Å². The number of halogens is 1. The summed E-state index contributed by atoms with van der Waals surface area (Å²) in [5, 5.41) is 4.00. The van der Waals surface area contributed by atoms with Gasteiger partial charge in [-0.05, 0) is 60.7 Å². The van der Waals surface area contributed by atoms with Gasteiger partial charge in [0, 0.05) is 37.4 Å². The van der Waals surface area contributed by atoms with Crippen LogP contribution < -0.4 is 10.2 Å². The molecule has 7 heteroatoms. The summed E-state index contributed by atoms with van der Waals surface area (Å²) in [6, 6.07) is 16.1. The van der Waals surface area contributed by atoms with Crippen molar-refractivity contribution in [2.24, 2.45) is 0 Å². The number of anilines is 1. The number of ether oxygens (including phenoxy) is 1. The minimum Gasteiger partial charge on any atom is -0.383 e. The molecule has 1 saturated heterocycles. The lowest BCUT2D eigenvalue weighted by Gasteiger charge is -2.29. The number of methoxy groups -OCH3 is 1. The molecule has 1 fully saturated rings. The van der Waals surface area contributed by atoms with Crippen LogP contribution in [0.3, 0.4) is 0 Å². The van der Waals surface area contributed by atoms with Crippen molar-refractivity contribution < 1.29 is 9.13 Å². The third kappa shape index (κ3) is 3.50. The highest BCUT2D eigenvalue weighted by molar-refractivity contribution is 7.80. The number of nitrogens with zero attached hydrogens (tertiary/aromatic N) is 3. The van der Waals surface area contributed by atoms with Crippen molar-refractivity contribution in [2.75, 3.05) is 18.6 Å². The minimum absolute atomic E-state index is 0.125. The maximum Gasteiger partial charge on any atom is 0.174 e. The summed E-state index contributed by atoms with van der Waals surface area (Å²) in [6.07, 6.45) is 3.82. The van der Waals surface area contributed by atoms with Crippen LogP contribution in [0.2, 0.25) is 0 Å². The van der Waals surface area contributed by atoms with Crippen molar-refractivity contribution in [2.45, 2.75) is 18.6 Å². The maximum absolute atomic E-state index is 13.5. The SMILES string of the molecule is COCCn1cccc1C1C(c2ccccn2)NC(=S)N1c1ccc(F)cc1. The Morgan fingerprint density at radius 2 is 1.96 bits per heavy atom. The molecule has 3 aromatic rings. The zero-order valence-corrected chi connectivity index (χ0v) is 16.3. The molecule has 0 spiro atoms. The predicted molar refractivity (Wildman–Crippen MR) is 111 cm³/mol. The van der Waals surface area contributed by atoms with E-state index < -0.39 is 0 Å². The Morgan fingerprint density at radius 3 is 2.68 bits per heavy atom. The zero-order chi connectivity index (χ0) is 19.5. The van der Waals surface area contributed by atoms with Crippen molar-refractivity contribution in [3.8, 4) is 0 Å². The van der Waals surface area contributed by atoms with Crippen molar-refractivity contribution in [3.63, 3.8) is 0 Å². The van der Waals surface area contributed by atoms with Gasteiger partial charge >= 0.3 is 0 Å². The van der Waals surface area contributed by atoms with Crippen molar-refractivity contribution in [1.82, 2.24) is 14.9 Å². The minimum atomic E-state index is -0.275. The lowest BCUT2D eigenvalue weighted by molar-refractivity contribution is 0.186. The molecule has 3 heterocycles. The van der Waals surface area contributed by atoms with Crippen LogP contribution >= 0.6 is 12.2 Å². The topological polar surface area (TPSA) is 42.3 Å². The van der Waals surface area contributed by atoms with Crippen molar-refractivity contribution >= 4 is 23.0 Å². The van der Waals surface area contributed by atoms with Crippen LogP contribution in [0, 0.1) is 5.82 Å². The van der Waals surface area contributed by atoms with Gasteiger partial charge in [-0.15, -0.1) is 0 Å². The lowest BCUT2D eigenvalue weighted by Crippen LogP contribution is -2.30. The number of rotatable bonds is 6. The Balaban J connectivity index is 1.80. The zero-order valence-electron chi connectivity index (χ0n) is 15.5. The third-order valence-electron chi connectivity index (χ3n) is 4.91. The molecule has 2 aromatic heterocycles. The summed E-state index contributed by atoms with van der Waals surface area (Å²) in [6.45, 7) is 1.34. The fourth-order valence-corrected chi connectivity index (χ4v) is 3.97. The molecule has 1 aliphatic heterocycles. The molecule has 0 radical (unpaired) electrons. The number of thiocarbonyl (C=S) groups is 1. The van der Waals surface area contributed by atoms with E-state index in [1.165, 1.54) is 12.1 Å². The number of benzene rings is 1. The third-order valence-corrected chi connectivity index (χ3v) is 5.22. The highest BCUT2D eigenvalue weighted by atomic mass is 32.1. The fourth-order valence-electron chi connectivity index (χ4n) is 3.62. The molecule has 5 nitrogen and oxygen atoms in total. The van der Waals surface area contributed by atoms with Crippen molar-refractivity contribution in [1.29, 1.82) is 0 Å². The van der Waals surface area contributed by atoms with E-state index in [9.17, 15) is 4.39 Å². The molecule has 4 rings (SSSR count). The van der Waals surface area contributed by atoms with E-state index in [0.29, 0.717) is 11.7 Å². The van der Waals surface area contributed by atoms with E-state index in [2.05, 4.69) is 20.9 Å². The first-order valence-electron chi connectivity index (χ1n) is 9.09. The van der Waals surface area contributed by atoms with Crippen molar-refractivity contribution in [3.05, 3.63) is 84.2 Å². The molecule has 0 bridgehead atoms. The number of pyridine rings is 1. The summed E-state index contributed by atoms with van der Waals surface area (Å²) < 4.78 is 20.9. The Hall–Kier alpha value is -2.77. The molecule has 0 amide bonds. The summed E-state index contributed by atoms with van der Waals surface area (Å²) in [5.74, 6) is -0.275. The largest absolute Gasteiger partial charge is 0.383 e. The highest BCUT2D eigenvalue weighted by Crippen LogP contribution is 2.41. The van der Waals surface area contributed by atoms with Crippen LogP contribution in [0.25, 0.3) is 0 Å². The first-order valence-corrected chi connectivity index (χ1v) is 9.50. The Labute approximate surface area is 168 Å². The second-order valence-corrected chi connectivity index (χ2v) is 6.98. The lowest BCUT2D eigenvalue weighted by atomic mass is 10.0. The van der Waals surface area contributed by atoms with Crippen LogP contribution in [0.5, 0.6) is 0 Å². The molecule has 1 aromatic carbocycles. The van der Waals surface area contributed by atoms with E-state index in [-0.39, 0.29) is 17.9 Å². The van der Waals surface area contributed by atoms with Crippen LogP contribution in [0.4, 0.5) is 10.1 Å². The Bertz CT molecular complexity index is 945. The summed E-state index contributed by atoms with van der Waals surface area (Å²) in [5.41, 5.74) is 2.82. The Morgan fingerprint density at radius 1 is 1.14 bits per heavy atom. The van der Waals surface area contributed by atoms with Crippen LogP contribution in [0.1, 0.15) is 23.5 Å². The smallest absolute Gasteiger partial charge is 0.174 e. The molecule has 0 aliphatic carbocycles. The van der Waals surface area contributed by atoms with E-state index in [1.54, 1.807) is 25.4 Å². The maximum atomic E-state index is 13.5. The number of hydrogen-bond acceptors (Lipinski definition) is 3. The van der Waals surface area contributed by atoms with Gasteiger partial charge in [0.25, 0.3) is 0 Å². The van der Waals surface area contributed by atoms with Gasteiger partial charge in [0.1, 0.15) is 11.9 Å². The van der Waals surface area contributed by atoms with Gasteiger partial charge in [0.15, 0.2) is 5.11 Å². The molecule has 2 unspecified atom stereocenters. The first-order chi connectivity index (χ1) is 13.7. The molecule has 144 valence electrons. The highest BCUT2D eigenvalue weighted by Gasteiger charge is 2.41.